The fourth-order valence-electron chi connectivity index (χ4n) is 2.16. The van der Waals surface area contributed by atoms with E-state index in [0.29, 0.717) is 18.3 Å². The molecule has 1 fully saturated rings. The lowest BCUT2D eigenvalue weighted by Crippen LogP contribution is -2.45. The Labute approximate surface area is 108 Å². The summed E-state index contributed by atoms with van der Waals surface area (Å²) < 4.78 is 5.41. The van der Waals surface area contributed by atoms with Gasteiger partial charge < -0.3 is 15.8 Å². The molecule has 0 atom stereocenters. The average Bonchev–Trinajstić information content (AvgIpc) is 2.35. The summed E-state index contributed by atoms with van der Waals surface area (Å²) in [7, 11) is 0. The largest absolute Gasteiger partial charge is 0.484 e. The van der Waals surface area contributed by atoms with Crippen molar-refractivity contribution in [2.24, 2.45) is 11.7 Å². The van der Waals surface area contributed by atoms with Crippen molar-refractivity contribution in [3.05, 3.63) is 29.8 Å². The number of rotatable bonds is 5. The summed E-state index contributed by atoms with van der Waals surface area (Å²) >= 11 is 0. The maximum Gasteiger partial charge on any atom is 0.258 e. The van der Waals surface area contributed by atoms with Crippen molar-refractivity contribution < 1.29 is 9.53 Å². The highest BCUT2D eigenvalue weighted by atomic mass is 16.5. The van der Waals surface area contributed by atoms with Gasteiger partial charge in [-0.25, -0.2) is 0 Å². The normalized spacial score (nSPS) is 22.1. The highest BCUT2D eigenvalue weighted by Crippen LogP contribution is 2.26. The molecular formula is C14H20N2O2. The van der Waals surface area contributed by atoms with E-state index in [2.05, 4.69) is 12.2 Å². The highest BCUT2D eigenvalue weighted by Gasteiger charge is 2.26. The SMILES string of the molecule is CC1CC(NC(=O)COc2ccc(CN)cc2)C1. The Morgan fingerprint density at radius 1 is 1.39 bits per heavy atom. The second kappa shape index (κ2) is 5.87. The lowest BCUT2D eigenvalue weighted by Gasteiger charge is -2.33. The first-order valence-corrected chi connectivity index (χ1v) is 6.38. The van der Waals surface area contributed by atoms with E-state index in [-0.39, 0.29) is 12.5 Å². The molecule has 3 N–H and O–H groups in total. The lowest BCUT2D eigenvalue weighted by atomic mass is 9.82. The fourth-order valence-corrected chi connectivity index (χ4v) is 2.16. The van der Waals surface area contributed by atoms with E-state index in [1.54, 1.807) is 0 Å². The van der Waals surface area contributed by atoms with Crippen LogP contribution in [0.2, 0.25) is 0 Å². The third-order valence-corrected chi connectivity index (χ3v) is 3.27. The molecule has 0 aromatic heterocycles. The van der Waals surface area contributed by atoms with Crippen molar-refractivity contribution >= 4 is 5.91 Å². The molecule has 18 heavy (non-hydrogen) atoms. The maximum atomic E-state index is 11.6. The third kappa shape index (κ3) is 3.47. The summed E-state index contributed by atoms with van der Waals surface area (Å²) in [6.07, 6.45) is 2.16. The van der Waals surface area contributed by atoms with Gasteiger partial charge in [0.05, 0.1) is 0 Å². The summed E-state index contributed by atoms with van der Waals surface area (Å²) in [5, 5.41) is 2.96. The van der Waals surface area contributed by atoms with Crippen LogP contribution in [0.5, 0.6) is 5.75 Å². The van der Waals surface area contributed by atoms with E-state index in [1.807, 2.05) is 24.3 Å². The van der Waals surface area contributed by atoms with Crippen LogP contribution < -0.4 is 15.8 Å². The molecule has 4 nitrogen and oxygen atoms in total. The van der Waals surface area contributed by atoms with Gasteiger partial charge in [0.15, 0.2) is 6.61 Å². The van der Waals surface area contributed by atoms with Gasteiger partial charge in [-0.05, 0) is 36.5 Å². The number of hydrogen-bond acceptors (Lipinski definition) is 3. The zero-order valence-corrected chi connectivity index (χ0v) is 10.7. The van der Waals surface area contributed by atoms with Crippen LogP contribution in [0.25, 0.3) is 0 Å². The number of carbonyl (C=O) groups excluding carboxylic acids is 1. The predicted octanol–water partition coefficient (Wildman–Crippen LogP) is 1.44. The predicted molar refractivity (Wildman–Crippen MR) is 70.2 cm³/mol. The molecule has 1 saturated carbocycles. The summed E-state index contributed by atoms with van der Waals surface area (Å²) in [4.78, 5) is 11.6. The Kier molecular flexibility index (Phi) is 4.20. The summed E-state index contributed by atoms with van der Waals surface area (Å²) in [5.41, 5.74) is 6.56. The molecule has 2 rings (SSSR count). The molecule has 1 aliphatic carbocycles. The first-order valence-electron chi connectivity index (χ1n) is 6.38. The van der Waals surface area contributed by atoms with Crippen molar-refractivity contribution in [1.82, 2.24) is 5.32 Å². The zero-order valence-electron chi connectivity index (χ0n) is 10.7. The Morgan fingerprint density at radius 2 is 2.06 bits per heavy atom. The molecule has 1 aliphatic rings. The monoisotopic (exact) mass is 248 g/mol. The van der Waals surface area contributed by atoms with E-state index in [1.165, 1.54) is 0 Å². The molecule has 1 aromatic carbocycles. The molecule has 0 aliphatic heterocycles. The molecule has 0 unspecified atom stereocenters. The van der Waals surface area contributed by atoms with Crippen molar-refractivity contribution in [1.29, 1.82) is 0 Å². The minimum Gasteiger partial charge on any atom is -0.484 e. The smallest absolute Gasteiger partial charge is 0.258 e. The Hall–Kier alpha value is -1.55. The van der Waals surface area contributed by atoms with Crippen molar-refractivity contribution in [2.75, 3.05) is 6.61 Å². The Bertz CT molecular complexity index is 397. The van der Waals surface area contributed by atoms with Gasteiger partial charge in [-0.2, -0.15) is 0 Å². The number of amides is 1. The number of nitrogens with two attached hydrogens (primary N) is 1. The van der Waals surface area contributed by atoms with Gasteiger partial charge in [0, 0.05) is 12.6 Å². The van der Waals surface area contributed by atoms with Crippen LogP contribution in [0.1, 0.15) is 25.3 Å². The number of benzene rings is 1. The summed E-state index contributed by atoms with van der Waals surface area (Å²) in [5.74, 6) is 1.39. The number of nitrogens with one attached hydrogen (secondary N) is 1. The number of hydrogen-bond donors (Lipinski definition) is 2. The molecule has 0 radical (unpaired) electrons. The molecule has 1 amide bonds. The second-order valence-electron chi connectivity index (χ2n) is 4.98. The van der Waals surface area contributed by atoms with E-state index in [4.69, 9.17) is 10.5 Å². The lowest BCUT2D eigenvalue weighted by molar-refractivity contribution is -0.124. The first kappa shape index (κ1) is 12.9. The number of ether oxygens (including phenoxy) is 1. The fraction of sp³-hybridized carbons (Fsp3) is 0.500. The standard InChI is InChI=1S/C14H20N2O2/c1-10-6-12(7-10)16-14(17)9-18-13-4-2-11(8-15)3-5-13/h2-5,10,12H,6-9,15H2,1H3,(H,16,17). The van der Waals surface area contributed by atoms with Crippen LogP contribution in [0.15, 0.2) is 24.3 Å². The van der Waals surface area contributed by atoms with Crippen molar-refractivity contribution in [3.8, 4) is 5.75 Å². The van der Waals surface area contributed by atoms with Crippen LogP contribution in [-0.2, 0) is 11.3 Å². The quantitative estimate of drug-likeness (QED) is 0.828. The minimum atomic E-state index is -0.0465. The number of carbonyl (C=O) groups is 1. The van der Waals surface area contributed by atoms with Crippen molar-refractivity contribution in [3.63, 3.8) is 0 Å². The average molecular weight is 248 g/mol. The van der Waals surface area contributed by atoms with Gasteiger partial charge in [0.1, 0.15) is 5.75 Å². The third-order valence-electron chi connectivity index (χ3n) is 3.27. The van der Waals surface area contributed by atoms with Crippen LogP contribution in [0.3, 0.4) is 0 Å². The molecular weight excluding hydrogens is 228 g/mol. The van der Waals surface area contributed by atoms with Crippen LogP contribution >= 0.6 is 0 Å². The summed E-state index contributed by atoms with van der Waals surface area (Å²) in [6, 6.07) is 7.82. The van der Waals surface area contributed by atoms with E-state index in [0.717, 1.165) is 24.3 Å². The molecule has 0 saturated heterocycles. The van der Waals surface area contributed by atoms with Gasteiger partial charge in [-0.3, -0.25) is 4.79 Å². The van der Waals surface area contributed by atoms with Gasteiger partial charge in [-0.1, -0.05) is 19.1 Å². The molecule has 0 heterocycles. The zero-order chi connectivity index (χ0) is 13.0. The molecule has 1 aromatic rings. The van der Waals surface area contributed by atoms with Crippen LogP contribution in [-0.4, -0.2) is 18.6 Å². The molecule has 98 valence electrons. The van der Waals surface area contributed by atoms with Gasteiger partial charge in [0.25, 0.3) is 5.91 Å². The topological polar surface area (TPSA) is 64.3 Å². The maximum absolute atomic E-state index is 11.6. The minimum absolute atomic E-state index is 0.0465. The molecule has 0 spiro atoms. The van der Waals surface area contributed by atoms with Crippen molar-refractivity contribution in [2.45, 2.75) is 32.4 Å². The van der Waals surface area contributed by atoms with Crippen LogP contribution in [0, 0.1) is 5.92 Å². The molecule has 4 heteroatoms. The van der Waals surface area contributed by atoms with Crippen LogP contribution in [0.4, 0.5) is 0 Å². The van der Waals surface area contributed by atoms with E-state index >= 15 is 0 Å². The van der Waals surface area contributed by atoms with Gasteiger partial charge >= 0.3 is 0 Å². The Morgan fingerprint density at radius 3 is 2.61 bits per heavy atom. The second-order valence-corrected chi connectivity index (χ2v) is 4.98. The van der Waals surface area contributed by atoms with Gasteiger partial charge in [-0.15, -0.1) is 0 Å². The highest BCUT2D eigenvalue weighted by molar-refractivity contribution is 5.77. The summed E-state index contributed by atoms with van der Waals surface area (Å²) in [6.45, 7) is 2.78. The van der Waals surface area contributed by atoms with Gasteiger partial charge in [0.2, 0.25) is 0 Å². The van der Waals surface area contributed by atoms with E-state index < -0.39 is 0 Å². The first-order chi connectivity index (χ1) is 8.67. The van der Waals surface area contributed by atoms with E-state index in [9.17, 15) is 4.79 Å². The molecule has 0 bridgehead atoms. The Balaban J connectivity index is 1.71.